The number of aliphatic hydroxyl groups excluding tert-OH is 5. The lowest BCUT2D eigenvalue weighted by atomic mass is 9.53. The van der Waals surface area contributed by atoms with Crippen molar-refractivity contribution in [3.05, 3.63) is 11.6 Å². The lowest BCUT2D eigenvalue weighted by molar-refractivity contribution is -0.162. The van der Waals surface area contributed by atoms with Crippen molar-refractivity contribution in [3.63, 3.8) is 0 Å². The average Bonchev–Trinajstić information content (AvgIpc) is 2.99. The minimum Gasteiger partial charge on any atom is -0.463 e. The molecule has 7 N–H and O–H groups in total. The van der Waals surface area contributed by atoms with Gasteiger partial charge in [-0.05, 0) is 43.1 Å². The Bertz CT molecular complexity index is 526. The van der Waals surface area contributed by atoms with E-state index in [9.17, 15) is 25.2 Å². The Morgan fingerprint density at radius 3 is 2.54 bits per heavy atom. The molecular formula is C18H31NO7. The van der Waals surface area contributed by atoms with Crippen molar-refractivity contribution < 1.29 is 35.1 Å². The molecule has 0 radical (unpaired) electrons. The molecule has 8 nitrogen and oxygen atoms in total. The zero-order valence-corrected chi connectivity index (χ0v) is 15.1. The third-order valence-corrected chi connectivity index (χ3v) is 5.92. The standard InChI is InChI=1S/C18H31NO7/c1-2-10-3-11-5-18(9-19,12(11)4-10)6-15(23)26-8-14(22)17(25)16(24)13(21)7-20/h4,11-14,16-17,20-22,24-25H,2-3,5-9,19H2,1H3/t11-,12-,13-,14-,16-,17-,18-/m1/s1. The van der Waals surface area contributed by atoms with Crippen LogP contribution in [0.15, 0.2) is 11.6 Å². The van der Waals surface area contributed by atoms with Gasteiger partial charge in [0.15, 0.2) is 0 Å². The zero-order chi connectivity index (χ0) is 19.5. The number of carbonyl (C=O) groups excluding carboxylic acids is 1. The van der Waals surface area contributed by atoms with Crippen LogP contribution in [0.25, 0.3) is 0 Å². The number of aliphatic hydroxyl groups is 5. The first-order chi connectivity index (χ1) is 12.3. The van der Waals surface area contributed by atoms with Gasteiger partial charge in [-0.1, -0.05) is 18.6 Å². The largest absolute Gasteiger partial charge is 0.463 e. The molecule has 0 spiro atoms. The summed E-state index contributed by atoms with van der Waals surface area (Å²) in [6.45, 7) is 1.22. The zero-order valence-electron chi connectivity index (χ0n) is 15.1. The van der Waals surface area contributed by atoms with Crippen LogP contribution in [0.2, 0.25) is 0 Å². The summed E-state index contributed by atoms with van der Waals surface area (Å²) >= 11 is 0. The summed E-state index contributed by atoms with van der Waals surface area (Å²) in [6.07, 6.45) is -1.34. The molecule has 7 atom stereocenters. The van der Waals surface area contributed by atoms with E-state index in [1.54, 1.807) is 0 Å². The van der Waals surface area contributed by atoms with Gasteiger partial charge in [0.25, 0.3) is 0 Å². The fourth-order valence-corrected chi connectivity index (χ4v) is 4.22. The van der Waals surface area contributed by atoms with Crippen LogP contribution in [0.3, 0.4) is 0 Å². The first kappa shape index (κ1) is 21.3. The van der Waals surface area contributed by atoms with Crippen LogP contribution in [-0.2, 0) is 9.53 Å². The van der Waals surface area contributed by atoms with Crippen molar-refractivity contribution in [1.29, 1.82) is 0 Å². The molecule has 0 aromatic carbocycles. The van der Waals surface area contributed by atoms with E-state index >= 15 is 0 Å². The Morgan fingerprint density at radius 2 is 1.96 bits per heavy atom. The van der Waals surface area contributed by atoms with Crippen molar-refractivity contribution in [3.8, 4) is 0 Å². The molecule has 2 aliphatic rings. The predicted molar refractivity (Wildman–Crippen MR) is 92.8 cm³/mol. The minimum atomic E-state index is -1.74. The molecule has 0 amide bonds. The van der Waals surface area contributed by atoms with Crippen molar-refractivity contribution in [1.82, 2.24) is 0 Å². The van der Waals surface area contributed by atoms with Crippen LogP contribution in [0, 0.1) is 17.3 Å². The molecule has 2 rings (SSSR count). The van der Waals surface area contributed by atoms with Crippen molar-refractivity contribution in [2.75, 3.05) is 19.8 Å². The smallest absolute Gasteiger partial charge is 0.306 e. The third-order valence-electron chi connectivity index (χ3n) is 5.92. The predicted octanol–water partition coefficient (Wildman–Crippen LogP) is -1.32. The third kappa shape index (κ3) is 4.27. The number of ether oxygens (including phenoxy) is 1. The molecule has 0 aromatic heterocycles. The number of esters is 1. The van der Waals surface area contributed by atoms with E-state index < -0.39 is 43.6 Å². The van der Waals surface area contributed by atoms with Gasteiger partial charge >= 0.3 is 5.97 Å². The molecule has 0 bridgehead atoms. The highest BCUT2D eigenvalue weighted by molar-refractivity contribution is 5.71. The minimum absolute atomic E-state index is 0.142. The van der Waals surface area contributed by atoms with Crippen LogP contribution in [0.5, 0.6) is 0 Å². The van der Waals surface area contributed by atoms with E-state index in [0.717, 1.165) is 19.3 Å². The first-order valence-electron chi connectivity index (χ1n) is 9.16. The Kier molecular flexibility index (Phi) is 7.18. The van der Waals surface area contributed by atoms with E-state index in [4.69, 9.17) is 15.6 Å². The molecule has 0 heterocycles. The molecule has 0 saturated heterocycles. The number of hydrogen-bond acceptors (Lipinski definition) is 8. The summed E-state index contributed by atoms with van der Waals surface area (Å²) in [6, 6.07) is 0. The van der Waals surface area contributed by atoms with Crippen molar-refractivity contribution >= 4 is 5.97 Å². The van der Waals surface area contributed by atoms with E-state index in [1.165, 1.54) is 5.57 Å². The molecule has 26 heavy (non-hydrogen) atoms. The second-order valence-corrected chi connectivity index (χ2v) is 7.60. The maximum Gasteiger partial charge on any atom is 0.306 e. The van der Waals surface area contributed by atoms with Crippen LogP contribution < -0.4 is 5.73 Å². The van der Waals surface area contributed by atoms with Gasteiger partial charge < -0.3 is 36.0 Å². The quantitative estimate of drug-likeness (QED) is 0.204. The summed E-state index contributed by atoms with van der Waals surface area (Å²) in [7, 11) is 0. The second-order valence-electron chi connectivity index (χ2n) is 7.60. The van der Waals surface area contributed by atoms with Crippen LogP contribution in [0.1, 0.15) is 32.6 Å². The number of rotatable bonds is 10. The Morgan fingerprint density at radius 1 is 1.31 bits per heavy atom. The second kappa shape index (κ2) is 8.77. The van der Waals surface area contributed by atoms with Gasteiger partial charge in [0.1, 0.15) is 31.0 Å². The molecule has 1 fully saturated rings. The molecular weight excluding hydrogens is 342 g/mol. The molecule has 2 aliphatic carbocycles. The fraction of sp³-hybridized carbons (Fsp3) is 0.833. The molecule has 1 saturated carbocycles. The average molecular weight is 373 g/mol. The lowest BCUT2D eigenvalue weighted by Crippen LogP contribution is -2.51. The van der Waals surface area contributed by atoms with Crippen LogP contribution in [0.4, 0.5) is 0 Å². The lowest BCUT2D eigenvalue weighted by Gasteiger charge is -2.51. The number of allylic oxidation sites excluding steroid dienone is 2. The summed E-state index contributed by atoms with van der Waals surface area (Å²) in [5.41, 5.74) is 7.03. The highest BCUT2D eigenvalue weighted by Gasteiger charge is 2.54. The van der Waals surface area contributed by atoms with Crippen LogP contribution >= 0.6 is 0 Å². The van der Waals surface area contributed by atoms with Crippen LogP contribution in [-0.4, -0.2) is 75.7 Å². The number of hydrogen-bond donors (Lipinski definition) is 6. The monoisotopic (exact) mass is 373 g/mol. The highest BCUT2D eigenvalue weighted by Crippen LogP contribution is 2.59. The molecule has 150 valence electrons. The maximum atomic E-state index is 12.2. The Balaban J connectivity index is 1.84. The van der Waals surface area contributed by atoms with Gasteiger partial charge in [-0.15, -0.1) is 0 Å². The highest BCUT2D eigenvalue weighted by atomic mass is 16.5. The fourth-order valence-electron chi connectivity index (χ4n) is 4.22. The number of fused-ring (bicyclic) bond motifs is 1. The Hall–Kier alpha value is -1.03. The summed E-state index contributed by atoms with van der Waals surface area (Å²) in [4.78, 5) is 12.2. The maximum absolute atomic E-state index is 12.2. The van der Waals surface area contributed by atoms with Gasteiger partial charge in [-0.2, -0.15) is 0 Å². The van der Waals surface area contributed by atoms with Gasteiger partial charge in [-0.3, -0.25) is 4.79 Å². The normalized spacial score (nSPS) is 32.0. The van der Waals surface area contributed by atoms with E-state index in [1.807, 2.05) is 0 Å². The summed E-state index contributed by atoms with van der Waals surface area (Å²) in [5.74, 6) is 0.312. The van der Waals surface area contributed by atoms with E-state index in [2.05, 4.69) is 13.0 Å². The molecule has 0 aliphatic heterocycles. The van der Waals surface area contributed by atoms with Gasteiger partial charge in [0, 0.05) is 0 Å². The summed E-state index contributed by atoms with van der Waals surface area (Å²) < 4.78 is 5.04. The van der Waals surface area contributed by atoms with Gasteiger partial charge in [0.2, 0.25) is 0 Å². The van der Waals surface area contributed by atoms with E-state index in [0.29, 0.717) is 12.5 Å². The van der Waals surface area contributed by atoms with Crippen molar-refractivity contribution in [2.24, 2.45) is 23.0 Å². The summed E-state index contributed by atoms with van der Waals surface area (Å²) in [5, 5.41) is 47.1. The van der Waals surface area contributed by atoms with Crippen molar-refractivity contribution in [2.45, 2.75) is 57.0 Å². The first-order valence-corrected chi connectivity index (χ1v) is 9.16. The molecule has 0 aromatic rings. The SMILES string of the molecule is CCC1=C[C@@H]2[C@H](C1)C[C@]2(CN)CC(=O)OC[C@@H](O)[C@@H](O)[C@H](O)[C@H](O)CO. The molecule has 8 heteroatoms. The van der Waals surface area contributed by atoms with E-state index in [-0.39, 0.29) is 17.8 Å². The topological polar surface area (TPSA) is 153 Å². The number of nitrogens with two attached hydrogens (primary N) is 1. The molecule has 0 unspecified atom stereocenters. The number of carbonyl (C=O) groups is 1. The van der Waals surface area contributed by atoms with Gasteiger partial charge in [-0.25, -0.2) is 0 Å². The van der Waals surface area contributed by atoms with Gasteiger partial charge in [0.05, 0.1) is 13.0 Å². The Labute approximate surface area is 153 Å².